The Bertz CT molecular complexity index is 650. The Morgan fingerprint density at radius 1 is 1.09 bits per heavy atom. The summed E-state index contributed by atoms with van der Waals surface area (Å²) in [6, 6.07) is 12.8. The standard InChI is InChI=1S/C17H18BrNO3/c1-11(15-6-4-5-7-16(15)18)19-17(20)12-8-13(21-2)10-14(9-12)22-3/h4-11H,1-3H3,(H,19,20). The van der Waals surface area contributed by atoms with Crippen molar-refractivity contribution in [1.29, 1.82) is 0 Å². The minimum absolute atomic E-state index is 0.125. The number of amides is 1. The molecular formula is C17H18BrNO3. The molecule has 0 heterocycles. The van der Waals surface area contributed by atoms with Gasteiger partial charge in [0.05, 0.1) is 20.3 Å². The molecule has 0 spiro atoms. The topological polar surface area (TPSA) is 47.6 Å². The van der Waals surface area contributed by atoms with Gasteiger partial charge in [-0.25, -0.2) is 0 Å². The second-order valence-corrected chi connectivity index (χ2v) is 5.67. The number of methoxy groups -OCH3 is 2. The maximum absolute atomic E-state index is 12.4. The minimum Gasteiger partial charge on any atom is -0.497 e. The highest BCUT2D eigenvalue weighted by atomic mass is 79.9. The molecule has 22 heavy (non-hydrogen) atoms. The zero-order valence-electron chi connectivity index (χ0n) is 12.7. The maximum atomic E-state index is 12.4. The van der Waals surface area contributed by atoms with E-state index in [0.717, 1.165) is 10.0 Å². The molecule has 116 valence electrons. The molecule has 0 aliphatic heterocycles. The number of hydrogen-bond donors (Lipinski definition) is 1. The fraction of sp³-hybridized carbons (Fsp3) is 0.235. The predicted octanol–water partition coefficient (Wildman–Crippen LogP) is 3.96. The van der Waals surface area contributed by atoms with Crippen molar-refractivity contribution >= 4 is 21.8 Å². The molecule has 2 rings (SSSR count). The molecule has 2 aromatic rings. The number of hydrogen-bond acceptors (Lipinski definition) is 3. The predicted molar refractivity (Wildman–Crippen MR) is 89.6 cm³/mol. The van der Waals surface area contributed by atoms with Gasteiger partial charge >= 0.3 is 0 Å². The lowest BCUT2D eigenvalue weighted by molar-refractivity contribution is 0.0939. The number of rotatable bonds is 5. The van der Waals surface area contributed by atoms with Gasteiger partial charge in [-0.3, -0.25) is 4.79 Å². The van der Waals surface area contributed by atoms with E-state index in [-0.39, 0.29) is 11.9 Å². The Morgan fingerprint density at radius 3 is 2.23 bits per heavy atom. The molecule has 0 bridgehead atoms. The summed E-state index contributed by atoms with van der Waals surface area (Å²) in [4.78, 5) is 12.4. The van der Waals surface area contributed by atoms with Gasteiger partial charge in [0.15, 0.2) is 0 Å². The van der Waals surface area contributed by atoms with Crippen molar-refractivity contribution in [2.45, 2.75) is 13.0 Å². The molecule has 1 N–H and O–H groups in total. The van der Waals surface area contributed by atoms with E-state index >= 15 is 0 Å². The van der Waals surface area contributed by atoms with Gasteiger partial charge < -0.3 is 14.8 Å². The Hall–Kier alpha value is -2.01. The summed E-state index contributed by atoms with van der Waals surface area (Å²) >= 11 is 3.50. The largest absolute Gasteiger partial charge is 0.497 e. The molecule has 0 saturated heterocycles. The molecule has 2 aromatic carbocycles. The summed E-state index contributed by atoms with van der Waals surface area (Å²) in [6.45, 7) is 1.94. The summed E-state index contributed by atoms with van der Waals surface area (Å²) < 4.78 is 11.3. The third kappa shape index (κ3) is 3.80. The zero-order valence-corrected chi connectivity index (χ0v) is 14.3. The second kappa shape index (κ2) is 7.31. The van der Waals surface area contributed by atoms with E-state index in [1.807, 2.05) is 31.2 Å². The van der Waals surface area contributed by atoms with Gasteiger partial charge in [0, 0.05) is 16.1 Å². The van der Waals surface area contributed by atoms with E-state index < -0.39 is 0 Å². The molecule has 1 unspecified atom stereocenters. The van der Waals surface area contributed by atoms with Crippen LogP contribution in [0.5, 0.6) is 11.5 Å². The van der Waals surface area contributed by atoms with Gasteiger partial charge in [-0.1, -0.05) is 34.1 Å². The Morgan fingerprint density at radius 2 is 1.68 bits per heavy atom. The monoisotopic (exact) mass is 363 g/mol. The van der Waals surface area contributed by atoms with Crippen molar-refractivity contribution in [3.63, 3.8) is 0 Å². The van der Waals surface area contributed by atoms with Crippen molar-refractivity contribution in [2.24, 2.45) is 0 Å². The molecule has 4 nitrogen and oxygen atoms in total. The highest BCUT2D eigenvalue weighted by molar-refractivity contribution is 9.10. The minimum atomic E-state index is -0.180. The van der Waals surface area contributed by atoms with Crippen LogP contribution in [0.25, 0.3) is 0 Å². The first-order valence-corrected chi connectivity index (χ1v) is 7.62. The Kier molecular flexibility index (Phi) is 5.44. The van der Waals surface area contributed by atoms with Gasteiger partial charge in [0.25, 0.3) is 5.91 Å². The summed E-state index contributed by atoms with van der Waals surface area (Å²) in [6.07, 6.45) is 0. The third-order valence-corrected chi connectivity index (χ3v) is 4.06. The van der Waals surface area contributed by atoms with E-state index in [1.165, 1.54) is 0 Å². The van der Waals surface area contributed by atoms with E-state index in [1.54, 1.807) is 32.4 Å². The van der Waals surface area contributed by atoms with Crippen molar-refractivity contribution in [3.05, 3.63) is 58.1 Å². The molecule has 0 aliphatic rings. The first-order valence-electron chi connectivity index (χ1n) is 6.83. The van der Waals surface area contributed by atoms with Crippen LogP contribution in [0.1, 0.15) is 28.9 Å². The van der Waals surface area contributed by atoms with Gasteiger partial charge in [-0.05, 0) is 30.7 Å². The van der Waals surface area contributed by atoms with Crippen molar-refractivity contribution in [1.82, 2.24) is 5.32 Å². The molecule has 0 aromatic heterocycles. The maximum Gasteiger partial charge on any atom is 0.252 e. The normalized spacial score (nSPS) is 11.6. The number of halogens is 1. The summed E-state index contributed by atoms with van der Waals surface area (Å²) in [5.41, 5.74) is 1.51. The lowest BCUT2D eigenvalue weighted by Crippen LogP contribution is -2.26. The summed E-state index contributed by atoms with van der Waals surface area (Å²) in [7, 11) is 3.11. The van der Waals surface area contributed by atoms with Crippen LogP contribution >= 0.6 is 15.9 Å². The molecule has 1 amide bonds. The van der Waals surface area contributed by atoms with Gasteiger partial charge in [-0.2, -0.15) is 0 Å². The van der Waals surface area contributed by atoms with Crippen molar-refractivity contribution < 1.29 is 14.3 Å². The van der Waals surface area contributed by atoms with Crippen LogP contribution in [-0.4, -0.2) is 20.1 Å². The van der Waals surface area contributed by atoms with Gasteiger partial charge in [0.1, 0.15) is 11.5 Å². The van der Waals surface area contributed by atoms with Crippen LogP contribution in [0.4, 0.5) is 0 Å². The summed E-state index contributed by atoms with van der Waals surface area (Å²) in [5, 5.41) is 2.98. The number of nitrogens with one attached hydrogen (secondary N) is 1. The first-order chi connectivity index (χ1) is 10.5. The highest BCUT2D eigenvalue weighted by Crippen LogP contribution is 2.25. The lowest BCUT2D eigenvalue weighted by Gasteiger charge is -2.16. The second-order valence-electron chi connectivity index (χ2n) is 4.82. The molecule has 0 fully saturated rings. The van der Waals surface area contributed by atoms with Gasteiger partial charge in [-0.15, -0.1) is 0 Å². The smallest absolute Gasteiger partial charge is 0.252 e. The Labute approximate surface area is 138 Å². The van der Waals surface area contributed by atoms with Gasteiger partial charge in [0.2, 0.25) is 0 Å². The number of ether oxygens (including phenoxy) is 2. The van der Waals surface area contributed by atoms with E-state index in [4.69, 9.17) is 9.47 Å². The average Bonchev–Trinajstić information content (AvgIpc) is 2.54. The fourth-order valence-electron chi connectivity index (χ4n) is 2.12. The fourth-order valence-corrected chi connectivity index (χ4v) is 2.75. The molecule has 0 radical (unpaired) electrons. The molecular weight excluding hydrogens is 346 g/mol. The quantitative estimate of drug-likeness (QED) is 0.874. The Balaban J connectivity index is 2.20. The zero-order chi connectivity index (χ0) is 16.1. The molecule has 1 atom stereocenters. The van der Waals surface area contributed by atoms with Crippen LogP contribution in [0, 0.1) is 0 Å². The summed E-state index contributed by atoms with van der Waals surface area (Å²) in [5.74, 6) is 0.983. The van der Waals surface area contributed by atoms with E-state index in [9.17, 15) is 4.79 Å². The third-order valence-electron chi connectivity index (χ3n) is 3.33. The van der Waals surface area contributed by atoms with E-state index in [2.05, 4.69) is 21.2 Å². The first kappa shape index (κ1) is 16.4. The van der Waals surface area contributed by atoms with Crippen LogP contribution in [0.2, 0.25) is 0 Å². The van der Waals surface area contributed by atoms with Crippen LogP contribution in [0.3, 0.4) is 0 Å². The SMILES string of the molecule is COc1cc(OC)cc(C(=O)NC(C)c2ccccc2Br)c1. The number of carbonyl (C=O) groups is 1. The number of benzene rings is 2. The van der Waals surface area contributed by atoms with Crippen molar-refractivity contribution in [2.75, 3.05) is 14.2 Å². The van der Waals surface area contributed by atoms with Crippen LogP contribution in [-0.2, 0) is 0 Å². The highest BCUT2D eigenvalue weighted by Gasteiger charge is 2.15. The van der Waals surface area contributed by atoms with E-state index in [0.29, 0.717) is 17.1 Å². The molecule has 5 heteroatoms. The van der Waals surface area contributed by atoms with Crippen LogP contribution < -0.4 is 14.8 Å². The number of carbonyl (C=O) groups excluding carboxylic acids is 1. The molecule has 0 aliphatic carbocycles. The lowest BCUT2D eigenvalue weighted by atomic mass is 10.1. The van der Waals surface area contributed by atoms with Crippen molar-refractivity contribution in [3.8, 4) is 11.5 Å². The van der Waals surface area contributed by atoms with Crippen LogP contribution in [0.15, 0.2) is 46.9 Å². The average molecular weight is 364 g/mol. The molecule has 0 saturated carbocycles.